The van der Waals surface area contributed by atoms with Gasteiger partial charge in [-0.15, -0.1) is 0 Å². The predicted molar refractivity (Wildman–Crippen MR) is 62.5 cm³/mol. The first kappa shape index (κ1) is 10.8. The fraction of sp³-hybridized carbons (Fsp3) is 0.417. The highest BCUT2D eigenvalue weighted by Crippen LogP contribution is 2.17. The van der Waals surface area contributed by atoms with Crippen LogP contribution in [-0.4, -0.2) is 19.7 Å². The van der Waals surface area contributed by atoms with E-state index in [0.29, 0.717) is 5.92 Å². The molecule has 1 atom stereocenters. The minimum atomic E-state index is 0.476. The van der Waals surface area contributed by atoms with Crippen LogP contribution in [0.4, 0.5) is 0 Å². The van der Waals surface area contributed by atoms with Crippen LogP contribution >= 0.6 is 0 Å². The summed E-state index contributed by atoms with van der Waals surface area (Å²) in [6, 6.07) is 1.87. The van der Waals surface area contributed by atoms with Crippen LogP contribution in [0.1, 0.15) is 38.3 Å². The van der Waals surface area contributed by atoms with Crippen molar-refractivity contribution in [3.63, 3.8) is 0 Å². The normalized spacial score (nSPS) is 12.6. The van der Waals surface area contributed by atoms with E-state index in [1.165, 1.54) is 6.42 Å². The minimum Gasteiger partial charge on any atom is -0.255 e. The zero-order valence-corrected chi connectivity index (χ0v) is 9.67. The summed E-state index contributed by atoms with van der Waals surface area (Å²) in [4.78, 5) is 8.79. The minimum absolute atomic E-state index is 0.476. The van der Waals surface area contributed by atoms with Crippen molar-refractivity contribution < 1.29 is 0 Å². The molecule has 2 heterocycles. The second kappa shape index (κ2) is 4.88. The largest absolute Gasteiger partial charge is 0.255 e. The van der Waals surface area contributed by atoms with Crippen molar-refractivity contribution in [1.82, 2.24) is 19.7 Å². The van der Waals surface area contributed by atoms with Gasteiger partial charge in [0.15, 0.2) is 5.82 Å². The van der Waals surface area contributed by atoms with Gasteiger partial charge in [0, 0.05) is 12.4 Å². The van der Waals surface area contributed by atoms with Gasteiger partial charge in [-0.1, -0.05) is 20.3 Å². The molecule has 0 fully saturated rings. The highest BCUT2D eigenvalue weighted by atomic mass is 15.3. The summed E-state index contributed by atoms with van der Waals surface area (Å²) in [5, 5.41) is 4.11. The maximum Gasteiger partial charge on any atom is 0.171 e. The lowest BCUT2D eigenvalue weighted by Crippen LogP contribution is -2.03. The Morgan fingerprint density at radius 3 is 2.75 bits per heavy atom. The van der Waals surface area contributed by atoms with Crippen molar-refractivity contribution in [2.45, 2.75) is 32.6 Å². The van der Waals surface area contributed by atoms with Crippen LogP contribution in [0.25, 0.3) is 5.82 Å². The van der Waals surface area contributed by atoms with E-state index in [0.717, 1.165) is 17.9 Å². The van der Waals surface area contributed by atoms with E-state index in [2.05, 4.69) is 28.9 Å². The summed E-state index contributed by atoms with van der Waals surface area (Å²) >= 11 is 0. The zero-order valence-electron chi connectivity index (χ0n) is 9.67. The second-order valence-electron chi connectivity index (χ2n) is 3.94. The molecule has 0 amide bonds. The summed E-state index contributed by atoms with van der Waals surface area (Å²) in [7, 11) is 0. The molecular formula is C12H16N4. The first-order valence-electron chi connectivity index (χ1n) is 5.63. The molecule has 4 heteroatoms. The Kier molecular flexibility index (Phi) is 3.29. The van der Waals surface area contributed by atoms with Gasteiger partial charge in [-0.05, 0) is 18.4 Å². The first-order chi connectivity index (χ1) is 7.81. The number of aromatic nitrogens is 4. The lowest BCUT2D eigenvalue weighted by Gasteiger charge is -2.09. The van der Waals surface area contributed by atoms with Crippen LogP contribution in [0.5, 0.6) is 0 Å². The fourth-order valence-electron chi connectivity index (χ4n) is 1.69. The van der Waals surface area contributed by atoms with E-state index in [4.69, 9.17) is 0 Å². The maximum atomic E-state index is 4.43. The molecule has 0 radical (unpaired) electrons. The predicted octanol–water partition coefficient (Wildman–Crippen LogP) is 2.57. The third kappa shape index (κ3) is 2.27. The molecule has 0 N–H and O–H groups in total. The van der Waals surface area contributed by atoms with Gasteiger partial charge in [-0.25, -0.2) is 9.67 Å². The number of rotatable bonds is 4. The lowest BCUT2D eigenvalue weighted by molar-refractivity contribution is 0.642. The molecule has 0 saturated heterocycles. The monoisotopic (exact) mass is 216 g/mol. The van der Waals surface area contributed by atoms with Gasteiger partial charge in [-0.2, -0.15) is 5.10 Å². The molecule has 2 rings (SSSR count). The zero-order chi connectivity index (χ0) is 11.4. The van der Waals surface area contributed by atoms with E-state index in [-0.39, 0.29) is 0 Å². The molecule has 0 aliphatic carbocycles. The highest BCUT2D eigenvalue weighted by Gasteiger charge is 2.06. The highest BCUT2D eigenvalue weighted by molar-refractivity contribution is 5.18. The van der Waals surface area contributed by atoms with E-state index in [9.17, 15) is 0 Å². The van der Waals surface area contributed by atoms with Gasteiger partial charge >= 0.3 is 0 Å². The molecule has 0 spiro atoms. The van der Waals surface area contributed by atoms with Crippen LogP contribution in [0.15, 0.2) is 30.9 Å². The van der Waals surface area contributed by atoms with Crippen LogP contribution in [0.3, 0.4) is 0 Å². The standard InChI is InChI=1S/C12H16N4/c1-3-5-10(2)11-8-14-12(9-13-11)16-7-4-6-15-16/h4,6-10H,3,5H2,1-2H3. The van der Waals surface area contributed by atoms with Gasteiger partial charge in [0.1, 0.15) is 0 Å². The van der Waals surface area contributed by atoms with Gasteiger partial charge in [0.2, 0.25) is 0 Å². The third-order valence-corrected chi connectivity index (χ3v) is 2.62. The SMILES string of the molecule is CCCC(C)c1cnc(-n2cccn2)cn1. The lowest BCUT2D eigenvalue weighted by atomic mass is 10.0. The molecule has 0 aromatic carbocycles. The summed E-state index contributed by atoms with van der Waals surface area (Å²) in [5.74, 6) is 1.24. The number of hydrogen-bond acceptors (Lipinski definition) is 3. The Morgan fingerprint density at radius 1 is 1.31 bits per heavy atom. The molecule has 1 unspecified atom stereocenters. The first-order valence-corrected chi connectivity index (χ1v) is 5.63. The Bertz CT molecular complexity index is 419. The van der Waals surface area contributed by atoms with E-state index < -0.39 is 0 Å². The molecule has 16 heavy (non-hydrogen) atoms. The van der Waals surface area contributed by atoms with Crippen molar-refractivity contribution in [1.29, 1.82) is 0 Å². The number of hydrogen-bond donors (Lipinski definition) is 0. The summed E-state index contributed by atoms with van der Waals surface area (Å²) in [6.45, 7) is 4.36. The quantitative estimate of drug-likeness (QED) is 0.789. The van der Waals surface area contributed by atoms with E-state index in [1.54, 1.807) is 17.1 Å². The van der Waals surface area contributed by atoms with Gasteiger partial charge in [-0.3, -0.25) is 4.98 Å². The van der Waals surface area contributed by atoms with Crippen molar-refractivity contribution in [3.8, 4) is 5.82 Å². The molecule has 2 aromatic rings. The Hall–Kier alpha value is -1.71. The van der Waals surface area contributed by atoms with Crippen LogP contribution in [0, 0.1) is 0 Å². The summed E-state index contributed by atoms with van der Waals surface area (Å²) in [6.07, 6.45) is 9.53. The van der Waals surface area contributed by atoms with Gasteiger partial charge in [0.05, 0.1) is 18.1 Å². The average Bonchev–Trinajstić information content (AvgIpc) is 2.83. The number of nitrogens with zero attached hydrogens (tertiary/aromatic N) is 4. The summed E-state index contributed by atoms with van der Waals surface area (Å²) < 4.78 is 1.71. The maximum absolute atomic E-state index is 4.43. The van der Waals surface area contributed by atoms with Crippen molar-refractivity contribution in [3.05, 3.63) is 36.5 Å². The molecular weight excluding hydrogens is 200 g/mol. The summed E-state index contributed by atoms with van der Waals surface area (Å²) in [5.41, 5.74) is 1.05. The molecule has 0 aliphatic rings. The Morgan fingerprint density at radius 2 is 2.19 bits per heavy atom. The van der Waals surface area contributed by atoms with Crippen molar-refractivity contribution in [2.75, 3.05) is 0 Å². The Balaban J connectivity index is 2.16. The Labute approximate surface area is 95.4 Å². The molecule has 0 aliphatic heterocycles. The van der Waals surface area contributed by atoms with Crippen molar-refractivity contribution >= 4 is 0 Å². The molecule has 2 aromatic heterocycles. The molecule has 0 saturated carbocycles. The van der Waals surface area contributed by atoms with Gasteiger partial charge < -0.3 is 0 Å². The molecule has 0 bridgehead atoms. The van der Waals surface area contributed by atoms with E-state index >= 15 is 0 Å². The third-order valence-electron chi connectivity index (χ3n) is 2.62. The van der Waals surface area contributed by atoms with Crippen LogP contribution in [0.2, 0.25) is 0 Å². The average molecular weight is 216 g/mol. The second-order valence-corrected chi connectivity index (χ2v) is 3.94. The van der Waals surface area contributed by atoms with Crippen molar-refractivity contribution in [2.24, 2.45) is 0 Å². The molecule has 84 valence electrons. The van der Waals surface area contributed by atoms with Gasteiger partial charge in [0.25, 0.3) is 0 Å². The fourth-order valence-corrected chi connectivity index (χ4v) is 1.69. The molecule has 4 nitrogen and oxygen atoms in total. The smallest absolute Gasteiger partial charge is 0.171 e. The topological polar surface area (TPSA) is 43.6 Å². The van der Waals surface area contributed by atoms with Crippen LogP contribution < -0.4 is 0 Å². The van der Waals surface area contributed by atoms with Crippen LogP contribution in [-0.2, 0) is 0 Å². The van der Waals surface area contributed by atoms with E-state index in [1.807, 2.05) is 18.5 Å².